The highest BCUT2D eigenvalue weighted by Crippen LogP contribution is 2.32. The van der Waals surface area contributed by atoms with Gasteiger partial charge in [0.15, 0.2) is 0 Å². The van der Waals surface area contributed by atoms with Gasteiger partial charge >= 0.3 is 5.97 Å². The van der Waals surface area contributed by atoms with E-state index in [1.807, 2.05) is 0 Å². The molecular weight excluding hydrogens is 246 g/mol. The maximum atomic E-state index is 12.4. The maximum Gasteiger partial charge on any atom is 0.306 e. The van der Waals surface area contributed by atoms with Crippen LogP contribution in [0.3, 0.4) is 0 Å². The van der Waals surface area contributed by atoms with Gasteiger partial charge in [0.2, 0.25) is 0 Å². The maximum absolute atomic E-state index is 12.4. The highest BCUT2D eigenvalue weighted by atomic mass is 16.5. The Morgan fingerprint density at radius 1 is 1.21 bits per heavy atom. The SMILES string of the molecule is COC1(C(=O)N[C@H]2CC[C@@H](C(=O)O)C2)CCCCC1. The molecule has 2 rings (SSSR count). The standard InChI is InChI=1S/C14H23NO4/c1-19-14(7-3-2-4-8-14)13(18)15-11-6-5-10(9-11)12(16)17/h10-11H,2-9H2,1H3,(H,15,18)(H,16,17)/t10-,11+/m1/s1. The van der Waals surface area contributed by atoms with Gasteiger partial charge in [-0.2, -0.15) is 0 Å². The van der Waals surface area contributed by atoms with Crippen LogP contribution in [0.2, 0.25) is 0 Å². The van der Waals surface area contributed by atoms with Crippen molar-refractivity contribution in [3.8, 4) is 0 Å². The number of amides is 1. The summed E-state index contributed by atoms with van der Waals surface area (Å²) in [5, 5.41) is 12.0. The number of hydrogen-bond donors (Lipinski definition) is 2. The highest BCUT2D eigenvalue weighted by molar-refractivity contribution is 5.85. The van der Waals surface area contributed by atoms with E-state index in [2.05, 4.69) is 5.32 Å². The Hall–Kier alpha value is -1.10. The van der Waals surface area contributed by atoms with Crippen molar-refractivity contribution >= 4 is 11.9 Å². The molecule has 0 aromatic heterocycles. The van der Waals surface area contributed by atoms with Crippen molar-refractivity contribution in [2.75, 3.05) is 7.11 Å². The van der Waals surface area contributed by atoms with Crippen LogP contribution in [-0.2, 0) is 14.3 Å². The number of carboxylic acids is 1. The predicted octanol–water partition coefficient (Wildman–Crippen LogP) is 1.71. The average Bonchev–Trinajstić information content (AvgIpc) is 2.88. The van der Waals surface area contributed by atoms with Crippen LogP contribution in [0.1, 0.15) is 51.4 Å². The first-order chi connectivity index (χ1) is 9.07. The van der Waals surface area contributed by atoms with Crippen LogP contribution in [0.25, 0.3) is 0 Å². The quantitative estimate of drug-likeness (QED) is 0.814. The van der Waals surface area contributed by atoms with Gasteiger partial charge in [-0.3, -0.25) is 9.59 Å². The molecule has 2 atom stereocenters. The van der Waals surface area contributed by atoms with Gasteiger partial charge in [0.1, 0.15) is 5.60 Å². The normalized spacial score (nSPS) is 29.9. The van der Waals surface area contributed by atoms with E-state index in [0.717, 1.165) is 38.5 Å². The van der Waals surface area contributed by atoms with E-state index in [1.54, 1.807) is 7.11 Å². The van der Waals surface area contributed by atoms with Gasteiger partial charge in [-0.25, -0.2) is 0 Å². The summed E-state index contributed by atoms with van der Waals surface area (Å²) in [5.74, 6) is -1.11. The van der Waals surface area contributed by atoms with Crippen LogP contribution in [0.4, 0.5) is 0 Å². The van der Waals surface area contributed by atoms with Gasteiger partial charge < -0.3 is 15.2 Å². The van der Waals surface area contributed by atoms with Crippen LogP contribution in [0.15, 0.2) is 0 Å². The molecular formula is C14H23NO4. The Morgan fingerprint density at radius 2 is 1.89 bits per heavy atom. The van der Waals surface area contributed by atoms with Crippen molar-refractivity contribution < 1.29 is 19.4 Å². The third-order valence-corrected chi connectivity index (χ3v) is 4.58. The van der Waals surface area contributed by atoms with Gasteiger partial charge in [-0.1, -0.05) is 19.3 Å². The Balaban J connectivity index is 1.91. The van der Waals surface area contributed by atoms with Crippen molar-refractivity contribution in [2.45, 2.75) is 63.0 Å². The topological polar surface area (TPSA) is 75.6 Å². The van der Waals surface area contributed by atoms with Crippen molar-refractivity contribution in [3.63, 3.8) is 0 Å². The number of hydrogen-bond acceptors (Lipinski definition) is 3. The minimum atomic E-state index is -0.754. The van der Waals surface area contributed by atoms with Gasteiger partial charge in [-0.05, 0) is 32.1 Å². The number of methoxy groups -OCH3 is 1. The first-order valence-corrected chi connectivity index (χ1v) is 7.16. The average molecular weight is 269 g/mol. The summed E-state index contributed by atoms with van der Waals surface area (Å²) < 4.78 is 5.50. The fraction of sp³-hybridized carbons (Fsp3) is 0.857. The van der Waals surface area contributed by atoms with Crippen molar-refractivity contribution in [2.24, 2.45) is 5.92 Å². The molecule has 2 N–H and O–H groups in total. The second kappa shape index (κ2) is 5.90. The van der Waals surface area contributed by atoms with Crippen LogP contribution in [0.5, 0.6) is 0 Å². The number of nitrogens with one attached hydrogen (secondary N) is 1. The molecule has 0 aliphatic heterocycles. The fourth-order valence-electron chi connectivity index (χ4n) is 3.30. The zero-order chi connectivity index (χ0) is 13.9. The number of carbonyl (C=O) groups excluding carboxylic acids is 1. The van der Waals surface area contributed by atoms with E-state index in [0.29, 0.717) is 12.8 Å². The minimum absolute atomic E-state index is 0.0115. The second-order valence-corrected chi connectivity index (χ2v) is 5.78. The predicted molar refractivity (Wildman–Crippen MR) is 69.7 cm³/mol. The summed E-state index contributed by atoms with van der Waals surface area (Å²) in [6, 6.07) is -0.0115. The molecule has 0 spiro atoms. The van der Waals surface area contributed by atoms with E-state index >= 15 is 0 Å². The molecule has 0 aromatic carbocycles. The molecule has 1 amide bonds. The number of carbonyl (C=O) groups is 2. The van der Waals surface area contributed by atoms with E-state index in [9.17, 15) is 9.59 Å². The monoisotopic (exact) mass is 269 g/mol. The molecule has 2 aliphatic rings. The highest BCUT2D eigenvalue weighted by Gasteiger charge is 2.41. The number of ether oxygens (including phenoxy) is 1. The molecule has 19 heavy (non-hydrogen) atoms. The molecule has 0 saturated heterocycles. The molecule has 0 unspecified atom stereocenters. The molecule has 0 bridgehead atoms. The van der Waals surface area contributed by atoms with Gasteiger partial charge in [0.05, 0.1) is 5.92 Å². The van der Waals surface area contributed by atoms with Crippen molar-refractivity contribution in [1.82, 2.24) is 5.32 Å². The number of carboxylic acid groups (broad SMARTS) is 1. The summed E-state index contributed by atoms with van der Waals surface area (Å²) in [6.07, 6.45) is 6.68. The Bertz CT molecular complexity index is 349. The van der Waals surface area contributed by atoms with Crippen LogP contribution >= 0.6 is 0 Å². The van der Waals surface area contributed by atoms with Gasteiger partial charge in [-0.15, -0.1) is 0 Å². The zero-order valence-corrected chi connectivity index (χ0v) is 11.5. The Morgan fingerprint density at radius 3 is 2.42 bits per heavy atom. The van der Waals surface area contributed by atoms with Gasteiger partial charge in [0.25, 0.3) is 5.91 Å². The molecule has 0 radical (unpaired) electrons. The fourth-order valence-corrected chi connectivity index (χ4v) is 3.30. The lowest BCUT2D eigenvalue weighted by atomic mass is 9.83. The molecule has 5 heteroatoms. The van der Waals surface area contributed by atoms with Gasteiger partial charge in [0, 0.05) is 13.2 Å². The molecule has 2 aliphatic carbocycles. The third kappa shape index (κ3) is 3.08. The zero-order valence-electron chi connectivity index (χ0n) is 11.5. The largest absolute Gasteiger partial charge is 0.481 e. The molecule has 2 saturated carbocycles. The van der Waals surface area contributed by atoms with Crippen molar-refractivity contribution in [1.29, 1.82) is 0 Å². The lowest BCUT2D eigenvalue weighted by molar-refractivity contribution is -0.148. The van der Waals surface area contributed by atoms with Crippen molar-refractivity contribution in [3.05, 3.63) is 0 Å². The lowest BCUT2D eigenvalue weighted by Crippen LogP contribution is -2.52. The van der Waals surface area contributed by atoms with E-state index < -0.39 is 11.6 Å². The van der Waals surface area contributed by atoms with E-state index in [4.69, 9.17) is 9.84 Å². The van der Waals surface area contributed by atoms with Crippen LogP contribution in [0, 0.1) is 5.92 Å². The summed E-state index contributed by atoms with van der Waals surface area (Å²) in [7, 11) is 1.60. The summed E-state index contributed by atoms with van der Waals surface area (Å²) >= 11 is 0. The molecule has 5 nitrogen and oxygen atoms in total. The molecule has 2 fully saturated rings. The number of aliphatic carboxylic acids is 1. The Labute approximate surface area is 113 Å². The minimum Gasteiger partial charge on any atom is -0.481 e. The molecule has 0 heterocycles. The summed E-state index contributed by atoms with van der Waals surface area (Å²) in [6.45, 7) is 0. The lowest BCUT2D eigenvalue weighted by Gasteiger charge is -2.35. The first kappa shape index (κ1) is 14.3. The third-order valence-electron chi connectivity index (χ3n) is 4.58. The number of rotatable bonds is 4. The second-order valence-electron chi connectivity index (χ2n) is 5.78. The van der Waals surface area contributed by atoms with Crippen LogP contribution < -0.4 is 5.32 Å². The smallest absolute Gasteiger partial charge is 0.306 e. The van der Waals surface area contributed by atoms with E-state index in [1.165, 1.54) is 0 Å². The molecule has 0 aromatic rings. The molecule has 108 valence electrons. The summed E-state index contributed by atoms with van der Waals surface area (Å²) in [5.41, 5.74) is -0.681. The summed E-state index contributed by atoms with van der Waals surface area (Å²) in [4.78, 5) is 23.3. The Kier molecular flexibility index (Phi) is 4.45. The van der Waals surface area contributed by atoms with Crippen LogP contribution in [-0.4, -0.2) is 35.7 Å². The first-order valence-electron chi connectivity index (χ1n) is 7.16. The van der Waals surface area contributed by atoms with E-state index in [-0.39, 0.29) is 17.9 Å².